The number of hydrogen-bond donors (Lipinski definition) is 1. The maximum absolute atomic E-state index is 12.0. The predicted molar refractivity (Wildman–Crippen MR) is 67.3 cm³/mol. The van der Waals surface area contributed by atoms with E-state index in [1.54, 1.807) is 9.58 Å². The van der Waals surface area contributed by atoms with Crippen LogP contribution in [0.15, 0.2) is 6.20 Å². The molecule has 1 N–H and O–H groups in total. The van der Waals surface area contributed by atoms with Gasteiger partial charge in [0, 0.05) is 26.2 Å². The van der Waals surface area contributed by atoms with Crippen molar-refractivity contribution in [1.82, 2.24) is 15.1 Å². The third kappa shape index (κ3) is 2.37. The molecule has 6 heteroatoms. The lowest BCUT2D eigenvalue weighted by Gasteiger charge is -2.20. The van der Waals surface area contributed by atoms with Crippen LogP contribution >= 0.6 is 0 Å². The molecule has 2 rings (SSSR count). The molecule has 1 aromatic rings. The monoisotopic (exact) mass is 250 g/mol. The number of anilines is 1. The van der Waals surface area contributed by atoms with Gasteiger partial charge in [-0.2, -0.15) is 5.10 Å². The molecule has 98 valence electrons. The summed E-state index contributed by atoms with van der Waals surface area (Å²) in [7, 11) is 1.83. The fourth-order valence-electron chi connectivity index (χ4n) is 2.06. The second kappa shape index (κ2) is 4.80. The van der Waals surface area contributed by atoms with Gasteiger partial charge in [-0.15, -0.1) is 0 Å². The Balaban J connectivity index is 2.34. The summed E-state index contributed by atoms with van der Waals surface area (Å²) in [6, 6.07) is 0. The summed E-state index contributed by atoms with van der Waals surface area (Å²) >= 11 is 0. The first kappa shape index (κ1) is 12.6. The lowest BCUT2D eigenvalue weighted by atomic mass is 10.1. The first-order valence-corrected chi connectivity index (χ1v) is 6.09. The van der Waals surface area contributed by atoms with Crippen LogP contribution < -0.4 is 10.2 Å². The number of aryl methyl sites for hydroxylation is 1. The van der Waals surface area contributed by atoms with Crippen LogP contribution in [0.3, 0.4) is 0 Å². The van der Waals surface area contributed by atoms with E-state index in [2.05, 4.69) is 10.4 Å². The van der Waals surface area contributed by atoms with Gasteiger partial charge in [0.2, 0.25) is 11.8 Å². The minimum atomic E-state index is -0.0873. The summed E-state index contributed by atoms with van der Waals surface area (Å²) < 4.78 is 1.71. The maximum Gasteiger partial charge on any atom is 0.246 e. The van der Waals surface area contributed by atoms with E-state index >= 15 is 0 Å². The van der Waals surface area contributed by atoms with Crippen LogP contribution in [0, 0.1) is 0 Å². The van der Waals surface area contributed by atoms with Crippen molar-refractivity contribution >= 4 is 17.5 Å². The topological polar surface area (TPSA) is 67.2 Å². The largest absolute Gasteiger partial charge is 0.347 e. The van der Waals surface area contributed by atoms with Crippen LogP contribution in [0.5, 0.6) is 0 Å². The molecule has 2 amide bonds. The minimum absolute atomic E-state index is 0.0608. The van der Waals surface area contributed by atoms with Crippen molar-refractivity contribution in [3.05, 3.63) is 11.9 Å². The van der Waals surface area contributed by atoms with Crippen LogP contribution in [0.1, 0.15) is 31.9 Å². The van der Waals surface area contributed by atoms with E-state index < -0.39 is 0 Å². The fourth-order valence-corrected chi connectivity index (χ4v) is 2.06. The van der Waals surface area contributed by atoms with Crippen molar-refractivity contribution in [3.8, 4) is 0 Å². The summed E-state index contributed by atoms with van der Waals surface area (Å²) in [6.45, 7) is 4.55. The standard InChI is InChI=1S/C12H18N4O2/c1-8(2)12-9(7-15(3)14-12)16-5-4-10(17)13-6-11(16)18/h7-8H,4-6H2,1-3H3,(H,13,17). The van der Waals surface area contributed by atoms with E-state index in [4.69, 9.17) is 0 Å². The maximum atomic E-state index is 12.0. The molecule has 18 heavy (non-hydrogen) atoms. The predicted octanol–water partition coefficient (Wildman–Crippen LogP) is 0.396. The van der Waals surface area contributed by atoms with Crippen molar-refractivity contribution < 1.29 is 9.59 Å². The molecule has 0 bridgehead atoms. The molecule has 0 unspecified atom stereocenters. The summed E-state index contributed by atoms with van der Waals surface area (Å²) in [4.78, 5) is 25.0. The van der Waals surface area contributed by atoms with Crippen molar-refractivity contribution in [3.63, 3.8) is 0 Å². The molecular weight excluding hydrogens is 232 g/mol. The first-order chi connectivity index (χ1) is 8.49. The van der Waals surface area contributed by atoms with Crippen LogP contribution in [-0.4, -0.2) is 34.7 Å². The van der Waals surface area contributed by atoms with E-state index in [1.165, 1.54) is 0 Å². The van der Waals surface area contributed by atoms with Gasteiger partial charge in [-0.3, -0.25) is 14.3 Å². The Labute approximate surface area is 106 Å². The van der Waals surface area contributed by atoms with Crippen molar-refractivity contribution in [2.75, 3.05) is 18.0 Å². The molecule has 1 aliphatic heterocycles. The van der Waals surface area contributed by atoms with Gasteiger partial charge in [0.05, 0.1) is 17.9 Å². The molecule has 1 aromatic heterocycles. The van der Waals surface area contributed by atoms with Gasteiger partial charge in [0.25, 0.3) is 0 Å². The van der Waals surface area contributed by atoms with Gasteiger partial charge >= 0.3 is 0 Å². The highest BCUT2D eigenvalue weighted by atomic mass is 16.2. The molecular formula is C12H18N4O2. The van der Waals surface area contributed by atoms with E-state index in [0.717, 1.165) is 11.4 Å². The van der Waals surface area contributed by atoms with Crippen LogP contribution in [-0.2, 0) is 16.6 Å². The molecule has 1 fully saturated rings. The summed E-state index contributed by atoms with van der Waals surface area (Å²) in [5.74, 6) is 0.0671. The smallest absolute Gasteiger partial charge is 0.246 e. The minimum Gasteiger partial charge on any atom is -0.347 e. The molecule has 1 saturated heterocycles. The van der Waals surface area contributed by atoms with Gasteiger partial charge in [-0.25, -0.2) is 0 Å². The second-order valence-electron chi connectivity index (χ2n) is 4.80. The molecule has 0 saturated carbocycles. The zero-order valence-electron chi connectivity index (χ0n) is 10.9. The number of nitrogens with zero attached hydrogens (tertiary/aromatic N) is 3. The van der Waals surface area contributed by atoms with E-state index in [-0.39, 0.29) is 24.3 Å². The Morgan fingerprint density at radius 1 is 1.39 bits per heavy atom. The Morgan fingerprint density at radius 2 is 2.11 bits per heavy atom. The Kier molecular flexibility index (Phi) is 3.36. The Hall–Kier alpha value is -1.85. The van der Waals surface area contributed by atoms with Crippen molar-refractivity contribution in [1.29, 1.82) is 0 Å². The van der Waals surface area contributed by atoms with Crippen LogP contribution in [0.4, 0.5) is 5.69 Å². The Bertz CT molecular complexity index is 478. The second-order valence-corrected chi connectivity index (χ2v) is 4.80. The van der Waals surface area contributed by atoms with E-state index in [9.17, 15) is 9.59 Å². The van der Waals surface area contributed by atoms with Crippen molar-refractivity contribution in [2.24, 2.45) is 7.05 Å². The number of amides is 2. The number of carbonyl (C=O) groups excluding carboxylic acids is 2. The van der Waals surface area contributed by atoms with E-state index in [0.29, 0.717) is 13.0 Å². The van der Waals surface area contributed by atoms with Crippen LogP contribution in [0.2, 0.25) is 0 Å². The van der Waals surface area contributed by atoms with E-state index in [1.807, 2.05) is 27.1 Å². The quantitative estimate of drug-likeness (QED) is 0.826. The number of rotatable bonds is 2. The highest BCUT2D eigenvalue weighted by Gasteiger charge is 2.25. The summed E-state index contributed by atoms with van der Waals surface area (Å²) in [5.41, 5.74) is 1.70. The average Bonchev–Trinajstić information content (AvgIpc) is 2.60. The SMILES string of the molecule is CC(C)c1nn(C)cc1N1CCC(=O)NCC1=O. The number of carbonyl (C=O) groups is 2. The number of hydrogen-bond acceptors (Lipinski definition) is 3. The zero-order chi connectivity index (χ0) is 13.3. The molecule has 0 aliphatic carbocycles. The summed E-state index contributed by atoms with van der Waals surface area (Å²) in [5, 5.41) is 6.98. The van der Waals surface area contributed by atoms with Gasteiger partial charge in [-0.1, -0.05) is 13.8 Å². The molecule has 2 heterocycles. The highest BCUT2D eigenvalue weighted by Crippen LogP contribution is 2.26. The highest BCUT2D eigenvalue weighted by molar-refractivity contribution is 5.99. The van der Waals surface area contributed by atoms with Gasteiger partial charge < -0.3 is 10.2 Å². The third-order valence-corrected chi connectivity index (χ3v) is 2.98. The lowest BCUT2D eigenvalue weighted by molar-refractivity contribution is -0.123. The van der Waals surface area contributed by atoms with Crippen molar-refractivity contribution in [2.45, 2.75) is 26.2 Å². The molecule has 0 aromatic carbocycles. The Morgan fingerprint density at radius 3 is 2.78 bits per heavy atom. The van der Waals surface area contributed by atoms with Gasteiger partial charge in [-0.05, 0) is 5.92 Å². The van der Waals surface area contributed by atoms with Crippen LogP contribution in [0.25, 0.3) is 0 Å². The van der Waals surface area contributed by atoms with Gasteiger partial charge in [0.15, 0.2) is 0 Å². The number of nitrogens with one attached hydrogen (secondary N) is 1. The third-order valence-electron chi connectivity index (χ3n) is 2.98. The molecule has 6 nitrogen and oxygen atoms in total. The number of aromatic nitrogens is 2. The molecule has 0 spiro atoms. The normalized spacial score (nSPS) is 17.0. The summed E-state index contributed by atoms with van der Waals surface area (Å²) in [6.07, 6.45) is 2.17. The molecule has 0 radical (unpaired) electrons. The lowest BCUT2D eigenvalue weighted by Crippen LogP contribution is -2.35. The molecule has 0 atom stereocenters. The molecule has 1 aliphatic rings. The fraction of sp³-hybridized carbons (Fsp3) is 0.583. The zero-order valence-corrected chi connectivity index (χ0v) is 10.9. The first-order valence-electron chi connectivity index (χ1n) is 6.09. The average molecular weight is 250 g/mol. The van der Waals surface area contributed by atoms with Gasteiger partial charge in [0.1, 0.15) is 0 Å².